The number of nitrogens with two attached hydrogens (primary N) is 1. The lowest BCUT2D eigenvalue weighted by Crippen LogP contribution is -2.22. The van der Waals surface area contributed by atoms with Gasteiger partial charge in [-0.3, -0.25) is 0 Å². The van der Waals surface area contributed by atoms with E-state index < -0.39 is 0 Å². The van der Waals surface area contributed by atoms with E-state index in [2.05, 4.69) is 9.97 Å². The Bertz CT molecular complexity index is 609. The first-order valence-electron chi connectivity index (χ1n) is 6.43. The highest BCUT2D eigenvalue weighted by molar-refractivity contribution is 6.35. The van der Waals surface area contributed by atoms with Gasteiger partial charge < -0.3 is 15.4 Å². The molecule has 2 N–H and O–H groups in total. The van der Waals surface area contributed by atoms with Crippen molar-refractivity contribution in [2.75, 3.05) is 30.8 Å². The van der Waals surface area contributed by atoms with E-state index in [1.165, 1.54) is 6.33 Å². The van der Waals surface area contributed by atoms with Crippen molar-refractivity contribution in [3.05, 3.63) is 40.6 Å². The highest BCUT2D eigenvalue weighted by atomic mass is 35.5. The van der Waals surface area contributed by atoms with Crippen LogP contribution in [-0.2, 0) is 0 Å². The Morgan fingerprint density at radius 1 is 1.29 bits per heavy atom. The first-order chi connectivity index (χ1) is 10.1. The Morgan fingerprint density at radius 3 is 2.86 bits per heavy atom. The number of aromatic nitrogens is 2. The first kappa shape index (κ1) is 15.7. The van der Waals surface area contributed by atoms with E-state index in [0.29, 0.717) is 22.5 Å². The van der Waals surface area contributed by atoms with Crippen LogP contribution < -0.4 is 15.4 Å². The summed E-state index contributed by atoms with van der Waals surface area (Å²) in [5, 5.41) is 1.03. The average Bonchev–Trinajstić information content (AvgIpc) is 2.46. The number of hydrogen-bond donors (Lipinski definition) is 1. The molecule has 5 nitrogen and oxygen atoms in total. The van der Waals surface area contributed by atoms with Gasteiger partial charge in [0.15, 0.2) is 5.82 Å². The fraction of sp³-hybridized carbons (Fsp3) is 0.286. The molecular weight excluding hydrogens is 311 g/mol. The Kier molecular flexibility index (Phi) is 5.47. The molecule has 1 aromatic heterocycles. The molecule has 0 saturated heterocycles. The zero-order valence-electron chi connectivity index (χ0n) is 11.6. The molecule has 112 valence electrons. The van der Waals surface area contributed by atoms with Gasteiger partial charge in [0, 0.05) is 18.6 Å². The Labute approximate surface area is 133 Å². The number of benzene rings is 1. The van der Waals surface area contributed by atoms with E-state index >= 15 is 0 Å². The Morgan fingerprint density at radius 2 is 2.10 bits per heavy atom. The van der Waals surface area contributed by atoms with Crippen molar-refractivity contribution in [3.63, 3.8) is 0 Å². The number of hydrogen-bond acceptors (Lipinski definition) is 5. The van der Waals surface area contributed by atoms with E-state index in [0.717, 1.165) is 18.7 Å². The van der Waals surface area contributed by atoms with Crippen LogP contribution in [0.3, 0.4) is 0 Å². The number of anilines is 2. The minimum absolute atomic E-state index is 0.281. The van der Waals surface area contributed by atoms with Crippen LogP contribution in [0.25, 0.3) is 0 Å². The number of ether oxygens (including phenoxy) is 1. The third kappa shape index (κ3) is 4.37. The van der Waals surface area contributed by atoms with Crippen LogP contribution in [0.5, 0.6) is 5.75 Å². The van der Waals surface area contributed by atoms with Crippen molar-refractivity contribution >= 4 is 34.8 Å². The predicted molar refractivity (Wildman–Crippen MR) is 86.3 cm³/mol. The number of rotatable bonds is 6. The second kappa shape index (κ2) is 7.33. The van der Waals surface area contributed by atoms with E-state index in [-0.39, 0.29) is 5.82 Å². The van der Waals surface area contributed by atoms with Crippen LogP contribution in [0, 0.1) is 0 Å². The molecule has 0 spiro atoms. The van der Waals surface area contributed by atoms with Gasteiger partial charge in [0.25, 0.3) is 0 Å². The molecule has 0 amide bonds. The third-order valence-electron chi connectivity index (χ3n) is 2.86. The lowest BCUT2D eigenvalue weighted by molar-refractivity contribution is 0.312. The smallest absolute Gasteiger partial charge is 0.152 e. The molecule has 1 aromatic carbocycles. The molecule has 0 saturated carbocycles. The van der Waals surface area contributed by atoms with Crippen molar-refractivity contribution in [1.82, 2.24) is 9.97 Å². The molecule has 21 heavy (non-hydrogen) atoms. The molecule has 0 aliphatic heterocycles. The summed E-state index contributed by atoms with van der Waals surface area (Å²) >= 11 is 12.0. The molecule has 7 heteroatoms. The maximum absolute atomic E-state index is 6.08. The average molecular weight is 327 g/mol. The number of halogens is 2. The standard InChI is InChI=1S/C14H16Cl2N4O/c1-20(14-12(16)13(17)18-9-19-14)6-3-7-21-11-5-2-4-10(15)8-11/h2,4-5,8-9H,3,6-7H2,1H3,(H2,17,18,19). The van der Waals surface area contributed by atoms with Crippen LogP contribution in [0.2, 0.25) is 10.0 Å². The molecule has 2 aromatic rings. The van der Waals surface area contributed by atoms with Gasteiger partial charge in [-0.25, -0.2) is 9.97 Å². The Hall–Kier alpha value is -1.72. The highest BCUT2D eigenvalue weighted by Crippen LogP contribution is 2.26. The second-order valence-electron chi connectivity index (χ2n) is 4.48. The summed E-state index contributed by atoms with van der Waals surface area (Å²) in [6.07, 6.45) is 2.21. The summed E-state index contributed by atoms with van der Waals surface area (Å²) in [6.45, 7) is 1.31. The summed E-state index contributed by atoms with van der Waals surface area (Å²) in [6, 6.07) is 7.32. The van der Waals surface area contributed by atoms with E-state index in [9.17, 15) is 0 Å². The van der Waals surface area contributed by atoms with Gasteiger partial charge in [-0.05, 0) is 24.6 Å². The van der Waals surface area contributed by atoms with Crippen molar-refractivity contribution < 1.29 is 4.74 Å². The van der Waals surface area contributed by atoms with Gasteiger partial charge in [-0.15, -0.1) is 0 Å². The zero-order valence-corrected chi connectivity index (χ0v) is 13.1. The fourth-order valence-corrected chi connectivity index (χ4v) is 2.22. The van der Waals surface area contributed by atoms with Crippen molar-refractivity contribution in [1.29, 1.82) is 0 Å². The van der Waals surface area contributed by atoms with Gasteiger partial charge in [0.05, 0.1) is 6.61 Å². The fourth-order valence-electron chi connectivity index (χ4n) is 1.79. The lowest BCUT2D eigenvalue weighted by atomic mass is 10.3. The molecule has 0 fully saturated rings. The maximum Gasteiger partial charge on any atom is 0.152 e. The molecule has 1 heterocycles. The minimum Gasteiger partial charge on any atom is -0.493 e. The molecular formula is C14H16Cl2N4O. The molecule has 0 aliphatic carbocycles. The molecule has 0 radical (unpaired) electrons. The zero-order chi connectivity index (χ0) is 15.2. The van der Waals surface area contributed by atoms with Crippen molar-refractivity contribution in [2.45, 2.75) is 6.42 Å². The van der Waals surface area contributed by atoms with Crippen LogP contribution in [0.15, 0.2) is 30.6 Å². The quantitative estimate of drug-likeness (QED) is 0.825. The Balaban J connectivity index is 1.82. The molecule has 0 bridgehead atoms. The van der Waals surface area contributed by atoms with Gasteiger partial charge in [-0.2, -0.15) is 0 Å². The second-order valence-corrected chi connectivity index (χ2v) is 5.29. The number of nitrogens with zero attached hydrogens (tertiary/aromatic N) is 3. The largest absolute Gasteiger partial charge is 0.493 e. The van der Waals surface area contributed by atoms with Crippen molar-refractivity contribution in [2.24, 2.45) is 0 Å². The summed E-state index contributed by atoms with van der Waals surface area (Å²) < 4.78 is 5.63. The minimum atomic E-state index is 0.281. The topological polar surface area (TPSA) is 64.3 Å². The normalized spacial score (nSPS) is 10.4. The monoisotopic (exact) mass is 326 g/mol. The van der Waals surface area contributed by atoms with Crippen molar-refractivity contribution in [3.8, 4) is 5.75 Å². The van der Waals surface area contributed by atoms with Crippen LogP contribution in [0.4, 0.5) is 11.6 Å². The summed E-state index contributed by atoms with van der Waals surface area (Å²) in [7, 11) is 1.90. The van der Waals surface area contributed by atoms with Crippen LogP contribution >= 0.6 is 23.2 Å². The lowest BCUT2D eigenvalue weighted by Gasteiger charge is -2.19. The highest BCUT2D eigenvalue weighted by Gasteiger charge is 2.10. The number of nitrogen functional groups attached to an aromatic ring is 1. The van der Waals surface area contributed by atoms with E-state index in [1.54, 1.807) is 6.07 Å². The van der Waals surface area contributed by atoms with E-state index in [1.807, 2.05) is 30.1 Å². The summed E-state index contributed by atoms with van der Waals surface area (Å²) in [4.78, 5) is 9.89. The first-order valence-corrected chi connectivity index (χ1v) is 7.19. The predicted octanol–water partition coefficient (Wildman–Crippen LogP) is 3.27. The van der Waals surface area contributed by atoms with E-state index in [4.69, 9.17) is 33.7 Å². The van der Waals surface area contributed by atoms with Gasteiger partial charge in [0.2, 0.25) is 0 Å². The third-order valence-corrected chi connectivity index (χ3v) is 3.46. The SMILES string of the molecule is CN(CCCOc1cccc(Cl)c1)c1ncnc(N)c1Cl. The van der Waals surface area contributed by atoms with Crippen LogP contribution in [0.1, 0.15) is 6.42 Å². The van der Waals surface area contributed by atoms with Gasteiger partial charge in [-0.1, -0.05) is 29.3 Å². The molecule has 0 aliphatic rings. The summed E-state index contributed by atoms with van der Waals surface area (Å²) in [5.74, 6) is 1.66. The summed E-state index contributed by atoms with van der Waals surface area (Å²) in [5.41, 5.74) is 5.66. The molecule has 0 unspecified atom stereocenters. The molecule has 0 atom stereocenters. The molecule has 2 rings (SSSR count). The van der Waals surface area contributed by atoms with Gasteiger partial charge in [0.1, 0.15) is 22.9 Å². The van der Waals surface area contributed by atoms with Crippen LogP contribution in [-0.4, -0.2) is 30.2 Å². The van der Waals surface area contributed by atoms with Gasteiger partial charge >= 0.3 is 0 Å². The maximum atomic E-state index is 6.08.